The molecule has 0 aliphatic carbocycles. The molecule has 0 bridgehead atoms. The summed E-state index contributed by atoms with van der Waals surface area (Å²) < 4.78 is 5.23. The lowest BCUT2D eigenvalue weighted by molar-refractivity contribution is -0.147. The highest BCUT2D eigenvalue weighted by Crippen LogP contribution is 2.35. The van der Waals surface area contributed by atoms with Crippen molar-refractivity contribution in [3.05, 3.63) is 108 Å². The zero-order chi connectivity index (χ0) is 35.6. The third kappa shape index (κ3) is 10.6. The lowest BCUT2D eigenvalue weighted by Crippen LogP contribution is -2.59. The smallest absolute Gasteiger partial charge is 0.408 e. The van der Waals surface area contributed by atoms with E-state index in [1.807, 2.05) is 57.2 Å². The number of carbonyl (C=O) groups excluding carboxylic acids is 5. The van der Waals surface area contributed by atoms with E-state index in [-0.39, 0.29) is 31.4 Å². The highest BCUT2D eigenvalue weighted by molar-refractivity contribution is 5.93. The standard InChI is InChI=1S/C37H45N5O7/c1-37(2,3)41-34(46)31-27(26-17-11-6-12-18-26)19-20-42(31)35(47)32(44)28(21-24-13-7-4-8-14-24)39-33(45)29(22-30(38)43)40-36(48)49-23-25-15-9-5-10-16-25/h4-18,27-29,31-32,44H,19-23H2,1-3H3,(H2,38,43)(H,39,45)(H,40,48)(H,41,46)/t27?,28-,29-,31-,32-/m0/s1. The van der Waals surface area contributed by atoms with Crippen LogP contribution in [-0.2, 0) is 36.9 Å². The molecule has 5 amide bonds. The minimum atomic E-state index is -1.79. The Balaban J connectivity index is 1.56. The summed E-state index contributed by atoms with van der Waals surface area (Å²) in [5.74, 6) is -3.14. The Morgan fingerprint density at radius 2 is 1.45 bits per heavy atom. The van der Waals surface area contributed by atoms with Gasteiger partial charge in [0, 0.05) is 18.0 Å². The molecule has 1 unspecified atom stereocenters. The van der Waals surface area contributed by atoms with E-state index >= 15 is 0 Å². The van der Waals surface area contributed by atoms with E-state index in [0.717, 1.165) is 5.56 Å². The normalized spacial score (nSPS) is 17.7. The number of amides is 5. The minimum absolute atomic E-state index is 0.0238. The second-order valence-corrected chi connectivity index (χ2v) is 13.2. The van der Waals surface area contributed by atoms with Gasteiger partial charge in [-0.25, -0.2) is 4.79 Å². The molecule has 0 aromatic heterocycles. The summed E-state index contributed by atoms with van der Waals surface area (Å²) in [4.78, 5) is 67.4. The number of aliphatic hydroxyl groups excluding tert-OH is 1. The second-order valence-electron chi connectivity index (χ2n) is 13.2. The van der Waals surface area contributed by atoms with E-state index < -0.39 is 60.0 Å². The van der Waals surface area contributed by atoms with Gasteiger partial charge in [-0.3, -0.25) is 19.2 Å². The van der Waals surface area contributed by atoms with Crippen LogP contribution < -0.4 is 21.7 Å². The Kier molecular flexibility index (Phi) is 12.5. The number of nitrogens with zero attached hydrogens (tertiary/aromatic N) is 1. The number of likely N-dealkylation sites (tertiary alicyclic amines) is 1. The van der Waals surface area contributed by atoms with E-state index in [2.05, 4.69) is 16.0 Å². The number of carbonyl (C=O) groups is 5. The summed E-state index contributed by atoms with van der Waals surface area (Å²) >= 11 is 0. The van der Waals surface area contributed by atoms with Gasteiger partial charge in [0.15, 0.2) is 6.10 Å². The average Bonchev–Trinajstić information content (AvgIpc) is 3.52. The van der Waals surface area contributed by atoms with Crippen LogP contribution in [0.5, 0.6) is 0 Å². The van der Waals surface area contributed by atoms with Crippen molar-refractivity contribution in [1.82, 2.24) is 20.9 Å². The number of aliphatic hydroxyl groups is 1. The molecule has 3 aromatic rings. The van der Waals surface area contributed by atoms with Crippen LogP contribution in [-0.4, -0.2) is 76.0 Å². The largest absolute Gasteiger partial charge is 0.445 e. The zero-order valence-electron chi connectivity index (χ0n) is 28.0. The molecule has 3 aromatic carbocycles. The summed E-state index contributed by atoms with van der Waals surface area (Å²) in [7, 11) is 0. The average molecular weight is 672 g/mol. The third-order valence-electron chi connectivity index (χ3n) is 8.16. The van der Waals surface area contributed by atoms with Gasteiger partial charge in [-0.05, 0) is 50.3 Å². The van der Waals surface area contributed by atoms with Crippen molar-refractivity contribution in [3.8, 4) is 0 Å². The Hall–Kier alpha value is -5.23. The predicted octanol–water partition coefficient (Wildman–Crippen LogP) is 2.54. The van der Waals surface area contributed by atoms with Gasteiger partial charge >= 0.3 is 6.09 Å². The number of hydrogen-bond donors (Lipinski definition) is 5. The quantitative estimate of drug-likeness (QED) is 0.185. The number of alkyl carbamates (subject to hydrolysis) is 1. The maximum atomic E-state index is 14.1. The van der Waals surface area contributed by atoms with Crippen LogP contribution in [0, 0.1) is 0 Å². The van der Waals surface area contributed by atoms with Gasteiger partial charge < -0.3 is 36.4 Å². The van der Waals surface area contributed by atoms with Crippen molar-refractivity contribution >= 4 is 29.7 Å². The molecular weight excluding hydrogens is 626 g/mol. The first-order valence-corrected chi connectivity index (χ1v) is 16.3. The van der Waals surface area contributed by atoms with Crippen molar-refractivity contribution < 1.29 is 33.8 Å². The van der Waals surface area contributed by atoms with E-state index in [1.165, 1.54) is 4.90 Å². The lowest BCUT2D eigenvalue weighted by Gasteiger charge is -2.34. The van der Waals surface area contributed by atoms with Crippen LogP contribution in [0.25, 0.3) is 0 Å². The van der Waals surface area contributed by atoms with Crippen molar-refractivity contribution in [2.24, 2.45) is 5.73 Å². The van der Waals surface area contributed by atoms with Gasteiger partial charge in [-0.2, -0.15) is 0 Å². The number of benzene rings is 3. The van der Waals surface area contributed by atoms with Gasteiger partial charge in [0.1, 0.15) is 18.7 Å². The van der Waals surface area contributed by atoms with Crippen LogP contribution in [0.3, 0.4) is 0 Å². The summed E-state index contributed by atoms with van der Waals surface area (Å²) in [5, 5.41) is 19.7. The first-order chi connectivity index (χ1) is 23.3. The van der Waals surface area contributed by atoms with Crippen LogP contribution in [0.4, 0.5) is 4.79 Å². The Morgan fingerprint density at radius 1 is 0.878 bits per heavy atom. The number of nitrogens with one attached hydrogen (secondary N) is 3. The van der Waals surface area contributed by atoms with Crippen LogP contribution in [0.2, 0.25) is 0 Å². The Bertz CT molecular complexity index is 1580. The van der Waals surface area contributed by atoms with Crippen molar-refractivity contribution in [2.75, 3.05) is 6.54 Å². The second kappa shape index (κ2) is 16.7. The topological polar surface area (TPSA) is 180 Å². The van der Waals surface area contributed by atoms with Gasteiger partial charge in [0.05, 0.1) is 12.5 Å². The zero-order valence-corrected chi connectivity index (χ0v) is 28.0. The molecule has 1 saturated heterocycles. The van der Waals surface area contributed by atoms with Crippen molar-refractivity contribution in [2.45, 2.75) is 82.3 Å². The number of primary amides is 1. The molecule has 260 valence electrons. The maximum Gasteiger partial charge on any atom is 0.408 e. The molecular formula is C37H45N5O7. The molecule has 1 heterocycles. The summed E-state index contributed by atoms with van der Waals surface area (Å²) in [6.07, 6.45) is -2.80. The number of hydrogen-bond acceptors (Lipinski definition) is 7. The molecule has 49 heavy (non-hydrogen) atoms. The van der Waals surface area contributed by atoms with E-state index in [0.29, 0.717) is 17.5 Å². The Labute approximate surface area is 286 Å². The van der Waals surface area contributed by atoms with Gasteiger partial charge in [0.2, 0.25) is 17.7 Å². The molecule has 1 aliphatic rings. The van der Waals surface area contributed by atoms with Gasteiger partial charge in [0.25, 0.3) is 5.91 Å². The fourth-order valence-electron chi connectivity index (χ4n) is 5.91. The van der Waals surface area contributed by atoms with Crippen LogP contribution in [0.1, 0.15) is 56.2 Å². The van der Waals surface area contributed by atoms with Crippen LogP contribution >= 0.6 is 0 Å². The van der Waals surface area contributed by atoms with Crippen molar-refractivity contribution in [3.63, 3.8) is 0 Å². The molecule has 0 saturated carbocycles. The fourth-order valence-corrected chi connectivity index (χ4v) is 5.91. The number of ether oxygens (including phenoxy) is 1. The SMILES string of the molecule is CC(C)(C)NC(=O)[C@@H]1C(c2ccccc2)CCN1C(=O)[C@@H](O)[C@H](Cc1ccccc1)NC(=O)[C@H](CC(N)=O)NC(=O)OCc1ccccc1. The van der Waals surface area contributed by atoms with E-state index in [4.69, 9.17) is 10.5 Å². The minimum Gasteiger partial charge on any atom is -0.445 e. The maximum absolute atomic E-state index is 14.1. The highest BCUT2D eigenvalue weighted by Gasteiger charge is 2.46. The monoisotopic (exact) mass is 671 g/mol. The molecule has 1 aliphatic heterocycles. The Morgan fingerprint density at radius 3 is 2.02 bits per heavy atom. The number of rotatable bonds is 13. The molecule has 4 rings (SSSR count). The van der Waals surface area contributed by atoms with Gasteiger partial charge in [-0.15, -0.1) is 0 Å². The van der Waals surface area contributed by atoms with Crippen molar-refractivity contribution in [1.29, 1.82) is 0 Å². The predicted molar refractivity (Wildman–Crippen MR) is 183 cm³/mol. The van der Waals surface area contributed by atoms with E-state index in [1.54, 1.807) is 54.6 Å². The highest BCUT2D eigenvalue weighted by atomic mass is 16.5. The molecule has 1 fully saturated rings. The third-order valence-corrected chi connectivity index (χ3v) is 8.16. The first kappa shape index (κ1) is 36.6. The summed E-state index contributed by atoms with van der Waals surface area (Å²) in [5.41, 5.74) is 7.12. The van der Waals surface area contributed by atoms with E-state index in [9.17, 15) is 29.1 Å². The fraction of sp³-hybridized carbons (Fsp3) is 0.378. The molecule has 0 spiro atoms. The van der Waals surface area contributed by atoms with Crippen LogP contribution in [0.15, 0.2) is 91.0 Å². The molecule has 0 radical (unpaired) electrons. The molecule has 12 heteroatoms. The summed E-state index contributed by atoms with van der Waals surface area (Å²) in [6, 6.07) is 23.6. The lowest BCUT2D eigenvalue weighted by atomic mass is 9.90. The summed E-state index contributed by atoms with van der Waals surface area (Å²) in [6.45, 7) is 5.65. The molecule has 6 N–H and O–H groups in total. The molecule has 12 nitrogen and oxygen atoms in total. The first-order valence-electron chi connectivity index (χ1n) is 16.3. The van der Waals surface area contributed by atoms with Gasteiger partial charge in [-0.1, -0.05) is 91.0 Å². The molecule has 5 atom stereocenters. The number of nitrogens with two attached hydrogens (primary N) is 1.